The molecule has 1 N–H and O–H groups in total. The molecular weight excluding hydrogens is 258 g/mol. The minimum atomic E-state index is 0.192. The van der Waals surface area contributed by atoms with Crippen LogP contribution in [0.1, 0.15) is 36.4 Å². The van der Waals surface area contributed by atoms with Crippen molar-refractivity contribution in [2.24, 2.45) is 0 Å². The van der Waals surface area contributed by atoms with Crippen LogP contribution in [0.25, 0.3) is 0 Å². The molecule has 0 radical (unpaired) electrons. The summed E-state index contributed by atoms with van der Waals surface area (Å²) >= 11 is 0. The number of unbranched alkanes of at least 4 members (excludes halogenated alkanes) is 2. The van der Waals surface area contributed by atoms with E-state index in [1.54, 1.807) is 0 Å². The van der Waals surface area contributed by atoms with E-state index in [0.717, 1.165) is 37.3 Å². The zero-order valence-corrected chi connectivity index (χ0v) is 12.0. The number of para-hydroxylation sites is 2. The van der Waals surface area contributed by atoms with Gasteiger partial charge in [-0.3, -0.25) is 0 Å². The van der Waals surface area contributed by atoms with E-state index in [1.165, 1.54) is 11.1 Å². The van der Waals surface area contributed by atoms with Gasteiger partial charge in [-0.2, -0.15) is 0 Å². The number of benzene rings is 2. The zero-order valence-electron chi connectivity index (χ0n) is 12.0. The molecule has 2 heteroatoms. The topological polar surface area (TPSA) is 21.3 Å². The van der Waals surface area contributed by atoms with Crippen LogP contribution in [0.3, 0.4) is 0 Å². The van der Waals surface area contributed by atoms with Crippen LogP contribution in [0.4, 0.5) is 0 Å². The van der Waals surface area contributed by atoms with Gasteiger partial charge in [0, 0.05) is 17.5 Å². The van der Waals surface area contributed by atoms with Crippen LogP contribution in [0.5, 0.6) is 11.5 Å². The molecule has 0 atom stereocenters. The Labute approximate surface area is 126 Å². The number of hydrogen-bond acceptors (Lipinski definition) is 2. The molecule has 0 aromatic heterocycles. The number of fused-ring (bicyclic) bond motifs is 2. The minimum Gasteiger partial charge on any atom is -0.457 e. The average Bonchev–Trinajstić information content (AvgIpc) is 2.53. The van der Waals surface area contributed by atoms with Crippen molar-refractivity contribution in [1.29, 1.82) is 0 Å². The summed E-state index contributed by atoms with van der Waals surface area (Å²) in [6.45, 7) is 0.953. The van der Waals surface area contributed by atoms with E-state index < -0.39 is 0 Å². The van der Waals surface area contributed by atoms with E-state index in [-0.39, 0.29) is 6.04 Å². The summed E-state index contributed by atoms with van der Waals surface area (Å²) in [5, 5.41) is 3.64. The van der Waals surface area contributed by atoms with E-state index in [0.29, 0.717) is 0 Å². The maximum Gasteiger partial charge on any atom is 0.132 e. The highest BCUT2D eigenvalue weighted by molar-refractivity contribution is 5.52. The first kappa shape index (κ1) is 13.7. The Kier molecular flexibility index (Phi) is 4.23. The smallest absolute Gasteiger partial charge is 0.132 e. The highest BCUT2D eigenvalue weighted by Crippen LogP contribution is 2.42. The van der Waals surface area contributed by atoms with Gasteiger partial charge in [0.2, 0.25) is 0 Å². The Morgan fingerprint density at radius 1 is 0.952 bits per heavy atom. The molecule has 0 spiro atoms. The van der Waals surface area contributed by atoms with E-state index in [2.05, 4.69) is 35.5 Å². The van der Waals surface area contributed by atoms with Crippen LogP contribution >= 0.6 is 0 Å². The second kappa shape index (κ2) is 6.47. The Morgan fingerprint density at radius 3 is 2.19 bits per heavy atom. The van der Waals surface area contributed by atoms with Gasteiger partial charge in [-0.25, -0.2) is 0 Å². The normalized spacial score (nSPS) is 12.9. The molecule has 0 saturated heterocycles. The largest absolute Gasteiger partial charge is 0.457 e. The summed E-state index contributed by atoms with van der Waals surface area (Å²) < 4.78 is 5.99. The monoisotopic (exact) mass is 277 g/mol. The molecule has 1 aliphatic rings. The third kappa shape index (κ3) is 2.94. The number of hydrogen-bond donors (Lipinski definition) is 1. The van der Waals surface area contributed by atoms with Crippen molar-refractivity contribution in [2.75, 3.05) is 6.54 Å². The lowest BCUT2D eigenvalue weighted by Gasteiger charge is -2.29. The molecule has 106 valence electrons. The molecule has 0 amide bonds. The fourth-order valence-corrected chi connectivity index (χ4v) is 2.73. The van der Waals surface area contributed by atoms with E-state index in [1.807, 2.05) is 24.3 Å². The van der Waals surface area contributed by atoms with Crippen molar-refractivity contribution >= 4 is 0 Å². The number of terminal acetylenes is 1. The molecule has 0 saturated carbocycles. The standard InChI is InChI=1S/C19H19NO/c1-2-3-4-9-14-20-19-15-10-5-7-12-17(15)21-18-13-8-6-11-16(18)19/h1,5-8,10-13,19-20H,3-4,9,14H2. The van der Waals surface area contributed by atoms with Crippen LogP contribution in [0.15, 0.2) is 48.5 Å². The van der Waals surface area contributed by atoms with Gasteiger partial charge >= 0.3 is 0 Å². The SMILES string of the molecule is C#CCCCCNC1c2ccccc2Oc2ccccc21. The Hall–Kier alpha value is -2.24. The molecule has 0 unspecified atom stereocenters. The molecular formula is C19H19NO. The summed E-state index contributed by atoms with van der Waals surface area (Å²) in [6.07, 6.45) is 8.30. The molecule has 1 aliphatic heterocycles. The zero-order chi connectivity index (χ0) is 14.5. The van der Waals surface area contributed by atoms with E-state index >= 15 is 0 Å². The van der Waals surface area contributed by atoms with Crippen LogP contribution in [0, 0.1) is 12.3 Å². The number of ether oxygens (including phenoxy) is 1. The van der Waals surface area contributed by atoms with Gasteiger partial charge in [-0.05, 0) is 31.5 Å². The Morgan fingerprint density at radius 2 is 1.57 bits per heavy atom. The quantitative estimate of drug-likeness (QED) is 0.651. The molecule has 2 aromatic carbocycles. The lowest BCUT2D eigenvalue weighted by Crippen LogP contribution is -2.26. The maximum absolute atomic E-state index is 5.99. The van der Waals surface area contributed by atoms with Gasteiger partial charge in [-0.15, -0.1) is 12.3 Å². The molecule has 2 aromatic rings. The lowest BCUT2D eigenvalue weighted by atomic mass is 9.94. The lowest BCUT2D eigenvalue weighted by molar-refractivity contribution is 0.426. The van der Waals surface area contributed by atoms with Crippen molar-refractivity contribution in [2.45, 2.75) is 25.3 Å². The third-order valence-corrected chi connectivity index (χ3v) is 3.78. The Bertz CT molecular complexity index is 611. The minimum absolute atomic E-state index is 0.192. The van der Waals surface area contributed by atoms with Crippen LogP contribution in [-0.2, 0) is 0 Å². The molecule has 3 rings (SSSR count). The first-order valence-electron chi connectivity index (χ1n) is 7.42. The average molecular weight is 277 g/mol. The second-order valence-electron chi connectivity index (χ2n) is 5.23. The molecule has 0 bridgehead atoms. The predicted octanol–water partition coefficient (Wildman–Crippen LogP) is 4.27. The Balaban J connectivity index is 1.80. The third-order valence-electron chi connectivity index (χ3n) is 3.78. The number of rotatable bonds is 5. The summed E-state index contributed by atoms with van der Waals surface area (Å²) in [5.41, 5.74) is 2.40. The second-order valence-corrected chi connectivity index (χ2v) is 5.23. The van der Waals surface area contributed by atoms with Crippen molar-refractivity contribution in [3.05, 3.63) is 59.7 Å². The molecule has 21 heavy (non-hydrogen) atoms. The number of nitrogens with one attached hydrogen (secondary N) is 1. The molecule has 2 nitrogen and oxygen atoms in total. The van der Waals surface area contributed by atoms with Gasteiger partial charge in [0.15, 0.2) is 0 Å². The maximum atomic E-state index is 5.99. The van der Waals surface area contributed by atoms with Gasteiger partial charge in [-0.1, -0.05) is 36.4 Å². The predicted molar refractivity (Wildman–Crippen MR) is 85.5 cm³/mol. The molecule has 1 heterocycles. The van der Waals surface area contributed by atoms with Gasteiger partial charge in [0.05, 0.1) is 6.04 Å². The van der Waals surface area contributed by atoms with Crippen LogP contribution < -0.4 is 10.1 Å². The van der Waals surface area contributed by atoms with Crippen molar-refractivity contribution in [3.63, 3.8) is 0 Å². The summed E-state index contributed by atoms with van der Waals surface area (Å²) in [4.78, 5) is 0. The van der Waals surface area contributed by atoms with Crippen molar-refractivity contribution < 1.29 is 4.74 Å². The highest BCUT2D eigenvalue weighted by Gasteiger charge is 2.25. The first-order valence-corrected chi connectivity index (χ1v) is 7.42. The van der Waals surface area contributed by atoms with Crippen molar-refractivity contribution in [1.82, 2.24) is 5.32 Å². The molecule has 0 fully saturated rings. The van der Waals surface area contributed by atoms with Gasteiger partial charge in [0.1, 0.15) is 11.5 Å². The first-order chi connectivity index (χ1) is 10.4. The fourth-order valence-electron chi connectivity index (χ4n) is 2.73. The summed E-state index contributed by atoms with van der Waals surface area (Å²) in [7, 11) is 0. The van der Waals surface area contributed by atoms with E-state index in [4.69, 9.17) is 11.2 Å². The van der Waals surface area contributed by atoms with Crippen LogP contribution in [-0.4, -0.2) is 6.54 Å². The van der Waals surface area contributed by atoms with Crippen molar-refractivity contribution in [3.8, 4) is 23.8 Å². The molecule has 0 aliphatic carbocycles. The highest BCUT2D eigenvalue weighted by atomic mass is 16.5. The van der Waals surface area contributed by atoms with Gasteiger partial charge < -0.3 is 10.1 Å². The fraction of sp³-hybridized carbons (Fsp3) is 0.263. The summed E-state index contributed by atoms with van der Waals surface area (Å²) in [5.74, 6) is 4.57. The summed E-state index contributed by atoms with van der Waals surface area (Å²) in [6, 6.07) is 16.6. The van der Waals surface area contributed by atoms with E-state index in [9.17, 15) is 0 Å². The van der Waals surface area contributed by atoms with Crippen LogP contribution in [0.2, 0.25) is 0 Å². The van der Waals surface area contributed by atoms with Gasteiger partial charge in [0.25, 0.3) is 0 Å².